The number of rotatable bonds is 5. The third kappa shape index (κ3) is 4.05. The topological polar surface area (TPSA) is 8.81 Å². The van der Waals surface area contributed by atoms with E-state index in [0.717, 1.165) is 0 Å². The first-order valence-electron chi connectivity index (χ1n) is 13.1. The molecule has 0 fully saturated rings. The average molecular weight is 474 g/mol. The van der Waals surface area contributed by atoms with Crippen LogP contribution in [0.1, 0.15) is 61.8 Å². The molecule has 5 aromatic rings. The maximum Gasteiger partial charge on any atom is 0.295 e. The van der Waals surface area contributed by atoms with E-state index in [1.165, 1.54) is 61.5 Å². The summed E-state index contributed by atoms with van der Waals surface area (Å²) in [6.07, 6.45) is 0. The maximum atomic E-state index is 2.55. The minimum Gasteiger partial charge on any atom is -0.225 e. The molecular formula is C34H37N2+. The van der Waals surface area contributed by atoms with Crippen molar-refractivity contribution in [2.75, 3.05) is 0 Å². The number of hydrogen-bond donors (Lipinski definition) is 0. The van der Waals surface area contributed by atoms with Crippen LogP contribution >= 0.6 is 0 Å². The molecule has 0 saturated carbocycles. The number of aryl methyl sites for hydroxylation is 3. The number of nitrogens with zero attached hydrogens (tertiary/aromatic N) is 2. The second-order valence-electron chi connectivity index (χ2n) is 10.7. The number of para-hydroxylation sites is 1. The van der Waals surface area contributed by atoms with Crippen LogP contribution < -0.4 is 4.57 Å². The molecule has 0 bridgehead atoms. The molecule has 182 valence electrons. The molecule has 0 radical (unpaired) electrons. The Morgan fingerprint density at radius 1 is 0.667 bits per heavy atom. The highest BCUT2D eigenvalue weighted by Gasteiger charge is 2.31. The van der Waals surface area contributed by atoms with Gasteiger partial charge in [-0.05, 0) is 66.6 Å². The summed E-state index contributed by atoms with van der Waals surface area (Å²) >= 11 is 0. The van der Waals surface area contributed by atoms with Gasteiger partial charge in [0.1, 0.15) is 5.69 Å². The smallest absolute Gasteiger partial charge is 0.225 e. The molecule has 0 spiro atoms. The minimum atomic E-state index is 0.408. The average Bonchev–Trinajstić information content (AvgIpc) is 3.16. The van der Waals surface area contributed by atoms with Crippen LogP contribution in [-0.2, 0) is 7.05 Å². The Morgan fingerprint density at radius 3 is 1.97 bits per heavy atom. The first kappa shape index (κ1) is 24.1. The molecule has 36 heavy (non-hydrogen) atoms. The maximum absolute atomic E-state index is 2.55. The summed E-state index contributed by atoms with van der Waals surface area (Å²) in [7, 11) is 2.21. The Labute approximate surface area is 215 Å². The molecule has 0 aliphatic rings. The zero-order valence-electron chi connectivity index (χ0n) is 22.6. The molecule has 1 heterocycles. The fourth-order valence-corrected chi connectivity index (χ4v) is 5.45. The van der Waals surface area contributed by atoms with Gasteiger partial charge in [0.05, 0.1) is 12.6 Å². The number of imidazole rings is 1. The Kier molecular flexibility index (Phi) is 6.30. The molecule has 1 aromatic heterocycles. The number of fused-ring (bicyclic) bond motifs is 1. The second-order valence-corrected chi connectivity index (χ2v) is 10.7. The first-order chi connectivity index (χ1) is 17.3. The van der Waals surface area contributed by atoms with Gasteiger partial charge in [-0.15, -0.1) is 0 Å². The minimum absolute atomic E-state index is 0.408. The molecule has 0 amide bonds. The van der Waals surface area contributed by atoms with E-state index in [9.17, 15) is 0 Å². The lowest BCUT2D eigenvalue weighted by atomic mass is 9.92. The molecule has 0 unspecified atom stereocenters. The monoisotopic (exact) mass is 473 g/mol. The highest BCUT2D eigenvalue weighted by atomic mass is 15.2. The Hall–Kier alpha value is -3.65. The van der Waals surface area contributed by atoms with Gasteiger partial charge >= 0.3 is 0 Å². The van der Waals surface area contributed by atoms with Gasteiger partial charge in [-0.3, -0.25) is 0 Å². The zero-order chi connectivity index (χ0) is 25.6. The van der Waals surface area contributed by atoms with Crippen LogP contribution in [0.4, 0.5) is 0 Å². The molecule has 0 N–H and O–H groups in total. The molecule has 2 heteroatoms. The molecule has 0 atom stereocenters. The van der Waals surface area contributed by atoms with Crippen LogP contribution in [-0.4, -0.2) is 4.57 Å². The summed E-state index contributed by atoms with van der Waals surface area (Å²) in [5, 5.41) is 0. The standard InChI is InChI=1S/C34H37N2/c1-22(2)28-14-11-15-29(23(3)4)33(28)36-32-21-27(26-12-9-8-10-13-26)18-19-31(32)35(7)34(36)30-20-24(5)16-17-25(30)6/h8-23H,1-7H3/q+1. The predicted octanol–water partition coefficient (Wildman–Crippen LogP) is 8.65. The van der Waals surface area contributed by atoms with E-state index in [-0.39, 0.29) is 0 Å². The Bertz CT molecular complexity index is 1530. The molecule has 0 aliphatic heterocycles. The highest BCUT2D eigenvalue weighted by molar-refractivity contribution is 5.85. The normalized spacial score (nSPS) is 11.7. The Morgan fingerprint density at radius 2 is 1.33 bits per heavy atom. The van der Waals surface area contributed by atoms with E-state index in [1.54, 1.807) is 0 Å². The van der Waals surface area contributed by atoms with Gasteiger partial charge in [-0.25, -0.2) is 4.57 Å². The van der Waals surface area contributed by atoms with Gasteiger partial charge in [-0.2, -0.15) is 4.57 Å². The lowest BCUT2D eigenvalue weighted by molar-refractivity contribution is -0.633. The second kappa shape index (κ2) is 9.43. The van der Waals surface area contributed by atoms with Gasteiger partial charge in [0.25, 0.3) is 5.82 Å². The third-order valence-corrected chi connectivity index (χ3v) is 7.41. The van der Waals surface area contributed by atoms with Crippen molar-refractivity contribution in [1.82, 2.24) is 4.57 Å². The van der Waals surface area contributed by atoms with Crippen molar-refractivity contribution in [1.29, 1.82) is 0 Å². The lowest BCUT2D eigenvalue weighted by Gasteiger charge is -2.18. The number of aromatic nitrogens is 2. The fraction of sp³-hybridized carbons (Fsp3) is 0.265. The van der Waals surface area contributed by atoms with Crippen molar-refractivity contribution in [3.05, 3.63) is 107 Å². The van der Waals surface area contributed by atoms with Crippen molar-refractivity contribution < 1.29 is 4.57 Å². The summed E-state index contributed by atoms with van der Waals surface area (Å²) < 4.78 is 4.93. The van der Waals surface area contributed by atoms with Gasteiger partial charge in [0.2, 0.25) is 0 Å². The van der Waals surface area contributed by atoms with Gasteiger partial charge in [-0.1, -0.05) is 93.9 Å². The SMILES string of the molecule is Cc1ccc(C)c(-c2n(-c3c(C(C)C)cccc3C(C)C)c3cc(-c4ccccc4)ccc3[n+]2C)c1. The van der Waals surface area contributed by atoms with Gasteiger partial charge in [0, 0.05) is 11.1 Å². The quantitative estimate of drug-likeness (QED) is 0.226. The van der Waals surface area contributed by atoms with Crippen LogP contribution in [0, 0.1) is 13.8 Å². The molecule has 5 rings (SSSR count). The first-order valence-corrected chi connectivity index (χ1v) is 13.1. The van der Waals surface area contributed by atoms with Gasteiger partial charge in [0.15, 0.2) is 11.0 Å². The van der Waals surface area contributed by atoms with Crippen LogP contribution in [0.2, 0.25) is 0 Å². The predicted molar refractivity (Wildman–Crippen MR) is 153 cm³/mol. The number of hydrogen-bond acceptors (Lipinski definition) is 0. The molecule has 0 aliphatic carbocycles. The van der Waals surface area contributed by atoms with E-state index >= 15 is 0 Å². The van der Waals surface area contributed by atoms with E-state index in [1.807, 2.05) is 0 Å². The van der Waals surface area contributed by atoms with Crippen molar-refractivity contribution >= 4 is 11.0 Å². The van der Waals surface area contributed by atoms with Crippen LogP contribution in [0.15, 0.2) is 84.9 Å². The largest absolute Gasteiger partial charge is 0.295 e. The Balaban J connectivity index is 1.97. The molecule has 4 aromatic carbocycles. The van der Waals surface area contributed by atoms with Crippen LogP contribution in [0.5, 0.6) is 0 Å². The van der Waals surface area contributed by atoms with E-state index in [0.29, 0.717) is 11.8 Å². The summed E-state index contributed by atoms with van der Waals surface area (Å²) in [5.74, 6) is 2.04. The summed E-state index contributed by atoms with van der Waals surface area (Å²) in [4.78, 5) is 0. The third-order valence-electron chi connectivity index (χ3n) is 7.41. The van der Waals surface area contributed by atoms with Crippen molar-refractivity contribution in [2.45, 2.75) is 53.4 Å². The molecule has 0 saturated heterocycles. The summed E-state index contributed by atoms with van der Waals surface area (Å²) in [6, 6.07) is 31.3. The van der Waals surface area contributed by atoms with Crippen LogP contribution in [0.25, 0.3) is 39.2 Å². The fourth-order valence-electron chi connectivity index (χ4n) is 5.45. The van der Waals surface area contributed by atoms with Crippen molar-refractivity contribution in [3.63, 3.8) is 0 Å². The summed E-state index contributed by atoms with van der Waals surface area (Å²) in [5.41, 5.74) is 12.9. The molecular weight excluding hydrogens is 436 g/mol. The van der Waals surface area contributed by atoms with E-state index in [4.69, 9.17) is 0 Å². The number of benzene rings is 4. The van der Waals surface area contributed by atoms with Crippen molar-refractivity contribution in [2.24, 2.45) is 7.05 Å². The zero-order valence-corrected chi connectivity index (χ0v) is 22.6. The van der Waals surface area contributed by atoms with Gasteiger partial charge < -0.3 is 0 Å². The lowest BCUT2D eigenvalue weighted by Crippen LogP contribution is -2.30. The van der Waals surface area contributed by atoms with E-state index in [2.05, 4.69) is 143 Å². The van der Waals surface area contributed by atoms with E-state index < -0.39 is 0 Å². The highest BCUT2D eigenvalue weighted by Crippen LogP contribution is 2.38. The van der Waals surface area contributed by atoms with Crippen molar-refractivity contribution in [3.8, 4) is 28.2 Å². The molecule has 2 nitrogen and oxygen atoms in total. The summed E-state index contributed by atoms with van der Waals surface area (Å²) in [6.45, 7) is 13.6. The van der Waals surface area contributed by atoms with Crippen LogP contribution in [0.3, 0.4) is 0 Å².